The fourth-order valence-electron chi connectivity index (χ4n) is 1.06. The van der Waals surface area contributed by atoms with Crippen molar-refractivity contribution in [3.05, 3.63) is 39.4 Å². The van der Waals surface area contributed by atoms with Crippen LogP contribution in [0.25, 0.3) is 0 Å². The van der Waals surface area contributed by atoms with Crippen molar-refractivity contribution in [3.8, 4) is 17.9 Å². The van der Waals surface area contributed by atoms with Crippen molar-refractivity contribution in [1.82, 2.24) is 0 Å². The van der Waals surface area contributed by atoms with Crippen molar-refractivity contribution in [3.63, 3.8) is 0 Å². The molecular weight excluding hydrogens is 180 g/mol. The summed E-state index contributed by atoms with van der Waals surface area (Å²) in [5, 5.41) is 18.8. The standard InChI is InChI=1S/C10H6N2O2/c1-8-4-2-6-10(12(13)14)9(8)5-3-7-11/h2,4,6H,1H3. The number of nitriles is 1. The van der Waals surface area contributed by atoms with E-state index in [4.69, 9.17) is 5.26 Å². The number of nitro benzene ring substituents is 1. The van der Waals surface area contributed by atoms with Gasteiger partial charge in [0.2, 0.25) is 0 Å². The number of hydrogen-bond donors (Lipinski definition) is 0. The largest absolute Gasteiger partial charge is 0.285 e. The minimum Gasteiger partial charge on any atom is -0.258 e. The second-order valence-corrected chi connectivity index (χ2v) is 2.59. The quantitative estimate of drug-likeness (QED) is 0.381. The molecule has 0 bridgehead atoms. The van der Waals surface area contributed by atoms with Crippen LogP contribution in [0.1, 0.15) is 11.1 Å². The molecule has 1 aromatic rings. The van der Waals surface area contributed by atoms with Crippen LogP contribution in [-0.4, -0.2) is 4.92 Å². The average Bonchev–Trinajstić information content (AvgIpc) is 2.15. The molecule has 0 aliphatic carbocycles. The minimum atomic E-state index is -0.506. The summed E-state index contributed by atoms with van der Waals surface area (Å²) < 4.78 is 0. The Morgan fingerprint density at radius 3 is 2.79 bits per heavy atom. The monoisotopic (exact) mass is 186 g/mol. The molecule has 0 radical (unpaired) electrons. The molecule has 0 aliphatic rings. The van der Waals surface area contributed by atoms with Crippen molar-refractivity contribution >= 4 is 5.69 Å². The van der Waals surface area contributed by atoms with E-state index in [-0.39, 0.29) is 5.69 Å². The zero-order valence-electron chi connectivity index (χ0n) is 7.44. The highest BCUT2D eigenvalue weighted by Crippen LogP contribution is 2.20. The van der Waals surface area contributed by atoms with Gasteiger partial charge in [-0.2, -0.15) is 5.26 Å². The lowest BCUT2D eigenvalue weighted by Crippen LogP contribution is -1.94. The van der Waals surface area contributed by atoms with Crippen molar-refractivity contribution in [2.45, 2.75) is 6.92 Å². The number of rotatable bonds is 1. The van der Waals surface area contributed by atoms with Crippen molar-refractivity contribution < 1.29 is 4.92 Å². The molecule has 1 aromatic carbocycles. The van der Waals surface area contributed by atoms with E-state index < -0.39 is 4.92 Å². The van der Waals surface area contributed by atoms with Crippen molar-refractivity contribution in [2.75, 3.05) is 0 Å². The molecule has 0 amide bonds. The summed E-state index contributed by atoms with van der Waals surface area (Å²) in [5.74, 6) is 4.61. The zero-order valence-corrected chi connectivity index (χ0v) is 7.44. The minimum absolute atomic E-state index is 0.0623. The highest BCUT2D eigenvalue weighted by atomic mass is 16.6. The van der Waals surface area contributed by atoms with Crippen molar-refractivity contribution in [1.29, 1.82) is 5.26 Å². The van der Waals surface area contributed by atoms with Gasteiger partial charge in [-0.05, 0) is 18.4 Å². The Bertz CT molecular complexity index is 475. The van der Waals surface area contributed by atoms with E-state index in [1.807, 2.05) is 0 Å². The van der Waals surface area contributed by atoms with E-state index in [1.54, 1.807) is 25.1 Å². The highest BCUT2D eigenvalue weighted by molar-refractivity contribution is 5.56. The third-order valence-corrected chi connectivity index (χ3v) is 1.69. The lowest BCUT2D eigenvalue weighted by molar-refractivity contribution is -0.385. The molecule has 0 atom stereocenters. The van der Waals surface area contributed by atoms with Crippen molar-refractivity contribution in [2.24, 2.45) is 0 Å². The van der Waals surface area contributed by atoms with Gasteiger partial charge in [-0.3, -0.25) is 10.1 Å². The van der Waals surface area contributed by atoms with Gasteiger partial charge in [0.05, 0.1) is 4.92 Å². The SMILES string of the molecule is Cc1cccc([N+](=O)[O-])c1C#CC#N. The van der Waals surface area contributed by atoms with Gasteiger partial charge in [-0.15, -0.1) is 0 Å². The Morgan fingerprint density at radius 1 is 1.50 bits per heavy atom. The van der Waals surface area contributed by atoms with Gasteiger partial charge < -0.3 is 0 Å². The maximum atomic E-state index is 10.6. The average molecular weight is 186 g/mol. The van der Waals surface area contributed by atoms with E-state index in [1.165, 1.54) is 6.07 Å². The Kier molecular flexibility index (Phi) is 2.83. The lowest BCUT2D eigenvalue weighted by Gasteiger charge is -1.98. The number of hydrogen-bond acceptors (Lipinski definition) is 3. The van der Waals surface area contributed by atoms with Gasteiger partial charge in [0.25, 0.3) is 5.69 Å². The molecule has 4 nitrogen and oxygen atoms in total. The summed E-state index contributed by atoms with van der Waals surface area (Å²) >= 11 is 0. The lowest BCUT2D eigenvalue weighted by atomic mass is 10.1. The second kappa shape index (κ2) is 4.06. The highest BCUT2D eigenvalue weighted by Gasteiger charge is 2.12. The molecule has 0 N–H and O–H groups in total. The van der Waals surface area contributed by atoms with E-state index in [2.05, 4.69) is 11.8 Å². The van der Waals surface area contributed by atoms with Gasteiger partial charge in [0, 0.05) is 12.0 Å². The summed E-state index contributed by atoms with van der Waals surface area (Å²) in [6, 6.07) is 6.30. The van der Waals surface area contributed by atoms with E-state index in [0.717, 1.165) is 0 Å². The van der Waals surface area contributed by atoms with E-state index in [0.29, 0.717) is 11.1 Å². The van der Waals surface area contributed by atoms with Crippen LogP contribution in [0.15, 0.2) is 18.2 Å². The Balaban J connectivity index is 3.38. The molecule has 0 saturated carbocycles. The van der Waals surface area contributed by atoms with Gasteiger partial charge in [0.15, 0.2) is 6.07 Å². The molecule has 1 rings (SSSR count). The van der Waals surface area contributed by atoms with Crippen LogP contribution in [0.4, 0.5) is 5.69 Å². The summed E-state index contributed by atoms with van der Waals surface area (Å²) in [6.45, 7) is 1.72. The van der Waals surface area contributed by atoms with Crippen LogP contribution in [0.3, 0.4) is 0 Å². The summed E-state index contributed by atoms with van der Waals surface area (Å²) in [5.41, 5.74) is 0.939. The van der Waals surface area contributed by atoms with Crippen LogP contribution in [-0.2, 0) is 0 Å². The maximum Gasteiger partial charge on any atom is 0.285 e. The molecule has 4 heteroatoms. The molecule has 0 heterocycles. The zero-order chi connectivity index (χ0) is 10.6. The smallest absolute Gasteiger partial charge is 0.258 e. The molecular formula is C10H6N2O2. The summed E-state index contributed by atoms with van der Waals surface area (Å²) in [7, 11) is 0. The third-order valence-electron chi connectivity index (χ3n) is 1.69. The fraction of sp³-hybridized carbons (Fsp3) is 0.100. The number of nitrogens with zero attached hydrogens (tertiary/aromatic N) is 2. The molecule has 0 spiro atoms. The van der Waals surface area contributed by atoms with Crippen LogP contribution in [0, 0.1) is 40.2 Å². The van der Waals surface area contributed by atoms with Gasteiger partial charge in [-0.1, -0.05) is 12.1 Å². The van der Waals surface area contributed by atoms with Gasteiger partial charge >= 0.3 is 0 Å². The first-order valence-corrected chi connectivity index (χ1v) is 3.81. The molecule has 0 unspecified atom stereocenters. The van der Waals surface area contributed by atoms with Crippen LogP contribution >= 0.6 is 0 Å². The van der Waals surface area contributed by atoms with E-state index in [9.17, 15) is 10.1 Å². The predicted octanol–water partition coefficient (Wildman–Crippen LogP) is 1.78. The summed E-state index contributed by atoms with van der Waals surface area (Å²) in [6.07, 6.45) is 0. The van der Waals surface area contributed by atoms with Crippen LogP contribution in [0.2, 0.25) is 0 Å². The molecule has 0 saturated heterocycles. The third kappa shape index (κ3) is 1.88. The first-order chi connectivity index (χ1) is 6.66. The molecule has 0 aromatic heterocycles. The number of nitro groups is 1. The predicted molar refractivity (Wildman–Crippen MR) is 50.3 cm³/mol. The van der Waals surface area contributed by atoms with Gasteiger partial charge in [-0.25, -0.2) is 0 Å². The normalized spacial score (nSPS) is 8.29. The Morgan fingerprint density at radius 2 is 2.21 bits per heavy atom. The fourth-order valence-corrected chi connectivity index (χ4v) is 1.06. The molecule has 0 aliphatic heterocycles. The first kappa shape index (κ1) is 9.76. The molecule has 0 fully saturated rings. The number of benzene rings is 1. The molecule has 68 valence electrons. The van der Waals surface area contributed by atoms with Gasteiger partial charge in [0.1, 0.15) is 5.56 Å². The Hall–Kier alpha value is -2.33. The maximum absolute atomic E-state index is 10.6. The molecule has 14 heavy (non-hydrogen) atoms. The van der Waals surface area contributed by atoms with Crippen LogP contribution in [0.5, 0.6) is 0 Å². The topological polar surface area (TPSA) is 66.9 Å². The first-order valence-electron chi connectivity index (χ1n) is 3.81. The second-order valence-electron chi connectivity index (χ2n) is 2.59. The summed E-state index contributed by atoms with van der Waals surface area (Å²) in [4.78, 5) is 10.1. The Labute approximate surface area is 80.9 Å². The number of aryl methyl sites for hydroxylation is 1. The van der Waals surface area contributed by atoms with Crippen LogP contribution < -0.4 is 0 Å². The van der Waals surface area contributed by atoms with E-state index >= 15 is 0 Å².